The minimum absolute atomic E-state index is 0.128. The van der Waals surface area contributed by atoms with Gasteiger partial charge in [0.2, 0.25) is 0 Å². The fraction of sp³-hybridized carbons (Fsp3) is 1.00. The molecule has 3 fully saturated rings. The van der Waals surface area contributed by atoms with Crippen molar-refractivity contribution in [2.24, 2.45) is 5.92 Å². The molecule has 0 aromatic rings. The molecule has 3 heteroatoms. The highest BCUT2D eigenvalue weighted by Crippen LogP contribution is 2.43. The van der Waals surface area contributed by atoms with Gasteiger partial charge < -0.3 is 15.2 Å². The van der Waals surface area contributed by atoms with Crippen molar-refractivity contribution in [3.05, 3.63) is 0 Å². The van der Waals surface area contributed by atoms with E-state index >= 15 is 0 Å². The Kier molecular flexibility index (Phi) is 3.42. The Morgan fingerprint density at radius 1 is 1.18 bits per heavy atom. The zero-order valence-electron chi connectivity index (χ0n) is 10.7. The molecular formula is C14H25NO2. The van der Waals surface area contributed by atoms with Crippen LogP contribution < -0.4 is 5.32 Å². The van der Waals surface area contributed by atoms with E-state index in [1.54, 1.807) is 0 Å². The van der Waals surface area contributed by atoms with Crippen LogP contribution in [-0.2, 0) is 4.74 Å². The van der Waals surface area contributed by atoms with Gasteiger partial charge in [0.1, 0.15) is 0 Å². The Bertz CT molecular complexity index is 259. The first-order chi connectivity index (χ1) is 8.27. The number of ether oxygens (including phenoxy) is 1. The second-order valence-corrected chi connectivity index (χ2v) is 6.23. The van der Waals surface area contributed by atoms with Gasteiger partial charge in [0, 0.05) is 13.1 Å². The molecule has 1 aliphatic heterocycles. The molecule has 1 spiro atoms. The summed E-state index contributed by atoms with van der Waals surface area (Å²) in [7, 11) is 0. The highest BCUT2D eigenvalue weighted by atomic mass is 16.5. The molecule has 0 bridgehead atoms. The van der Waals surface area contributed by atoms with Crippen molar-refractivity contribution in [1.29, 1.82) is 0 Å². The first kappa shape index (κ1) is 11.9. The number of aliphatic hydroxyl groups excluding tert-OH is 1. The summed E-state index contributed by atoms with van der Waals surface area (Å²) in [6, 6.07) is 0. The molecule has 1 saturated heterocycles. The van der Waals surface area contributed by atoms with Crippen LogP contribution in [0.5, 0.6) is 0 Å². The fourth-order valence-electron chi connectivity index (χ4n) is 3.47. The van der Waals surface area contributed by atoms with Crippen LogP contribution in [0, 0.1) is 5.92 Å². The molecule has 2 N–H and O–H groups in total. The van der Waals surface area contributed by atoms with Gasteiger partial charge in [0.15, 0.2) is 0 Å². The molecular weight excluding hydrogens is 214 g/mol. The van der Waals surface area contributed by atoms with Crippen molar-refractivity contribution in [2.45, 2.75) is 69.2 Å². The lowest BCUT2D eigenvalue weighted by Crippen LogP contribution is -2.35. The Hall–Kier alpha value is -0.120. The maximum Gasteiger partial charge on any atom is 0.0708 e. The molecule has 2 unspecified atom stereocenters. The predicted octanol–water partition coefficient (Wildman–Crippen LogP) is 1.84. The SMILES string of the molecule is OC(CNCC1CCC2(CCCC2)O1)C1CC1. The summed E-state index contributed by atoms with van der Waals surface area (Å²) in [6.45, 7) is 1.67. The molecule has 1 heterocycles. The van der Waals surface area contributed by atoms with E-state index in [2.05, 4.69) is 5.32 Å². The maximum atomic E-state index is 9.76. The highest BCUT2D eigenvalue weighted by molar-refractivity contribution is 4.93. The van der Waals surface area contributed by atoms with Crippen molar-refractivity contribution in [2.75, 3.05) is 13.1 Å². The van der Waals surface area contributed by atoms with Crippen LogP contribution in [0.15, 0.2) is 0 Å². The largest absolute Gasteiger partial charge is 0.392 e. The third kappa shape index (κ3) is 2.83. The van der Waals surface area contributed by atoms with Gasteiger partial charge in [0.05, 0.1) is 17.8 Å². The maximum absolute atomic E-state index is 9.76. The van der Waals surface area contributed by atoms with Crippen molar-refractivity contribution in [3.63, 3.8) is 0 Å². The zero-order valence-corrected chi connectivity index (χ0v) is 10.7. The highest BCUT2D eigenvalue weighted by Gasteiger charge is 2.41. The Morgan fingerprint density at radius 2 is 1.94 bits per heavy atom. The molecule has 0 radical (unpaired) electrons. The number of nitrogens with one attached hydrogen (secondary N) is 1. The summed E-state index contributed by atoms with van der Waals surface area (Å²) in [5, 5.41) is 13.1. The van der Waals surface area contributed by atoms with E-state index in [0.29, 0.717) is 12.0 Å². The number of aliphatic hydroxyl groups is 1. The molecule has 98 valence electrons. The van der Waals surface area contributed by atoms with Gasteiger partial charge in [-0.2, -0.15) is 0 Å². The lowest BCUT2D eigenvalue weighted by atomic mass is 9.98. The fourth-order valence-corrected chi connectivity index (χ4v) is 3.47. The summed E-state index contributed by atoms with van der Waals surface area (Å²) < 4.78 is 6.22. The molecule has 3 aliphatic rings. The quantitative estimate of drug-likeness (QED) is 0.769. The Labute approximate surface area is 104 Å². The molecule has 0 aromatic heterocycles. The number of hydrogen-bond donors (Lipinski definition) is 2. The Balaban J connectivity index is 1.35. The van der Waals surface area contributed by atoms with E-state index in [4.69, 9.17) is 4.74 Å². The third-order valence-electron chi connectivity index (χ3n) is 4.75. The molecule has 2 aliphatic carbocycles. The second-order valence-electron chi connectivity index (χ2n) is 6.23. The van der Waals surface area contributed by atoms with E-state index in [9.17, 15) is 5.11 Å². The summed E-state index contributed by atoms with van der Waals surface area (Å²) in [4.78, 5) is 0. The van der Waals surface area contributed by atoms with E-state index in [0.717, 1.165) is 13.1 Å². The molecule has 3 rings (SSSR count). The lowest BCUT2D eigenvalue weighted by molar-refractivity contribution is -0.0358. The van der Waals surface area contributed by atoms with Gasteiger partial charge in [-0.25, -0.2) is 0 Å². The van der Waals surface area contributed by atoms with E-state index in [-0.39, 0.29) is 11.7 Å². The first-order valence-corrected chi connectivity index (χ1v) is 7.34. The van der Waals surface area contributed by atoms with Crippen LogP contribution in [0.4, 0.5) is 0 Å². The van der Waals surface area contributed by atoms with Crippen LogP contribution in [0.25, 0.3) is 0 Å². The summed E-state index contributed by atoms with van der Waals surface area (Å²) in [5.74, 6) is 0.577. The van der Waals surface area contributed by atoms with E-state index < -0.39 is 0 Å². The normalized spacial score (nSPS) is 33.4. The topological polar surface area (TPSA) is 41.5 Å². The number of hydrogen-bond acceptors (Lipinski definition) is 3. The summed E-state index contributed by atoms with van der Waals surface area (Å²) in [6.07, 6.45) is 10.4. The van der Waals surface area contributed by atoms with Gasteiger partial charge in [-0.1, -0.05) is 12.8 Å². The van der Waals surface area contributed by atoms with Crippen molar-refractivity contribution >= 4 is 0 Å². The molecule has 2 atom stereocenters. The molecule has 2 saturated carbocycles. The first-order valence-electron chi connectivity index (χ1n) is 7.34. The van der Waals surface area contributed by atoms with Crippen LogP contribution in [-0.4, -0.2) is 36.0 Å². The van der Waals surface area contributed by atoms with Crippen LogP contribution in [0.1, 0.15) is 51.4 Å². The van der Waals surface area contributed by atoms with Crippen LogP contribution >= 0.6 is 0 Å². The average Bonchev–Trinajstić information content (AvgIpc) is 2.98. The standard InChI is InChI=1S/C14H25NO2/c16-13(11-3-4-11)10-15-9-12-5-8-14(17-12)6-1-2-7-14/h11-13,15-16H,1-10H2. The van der Waals surface area contributed by atoms with Gasteiger partial charge in [0.25, 0.3) is 0 Å². The van der Waals surface area contributed by atoms with Gasteiger partial charge >= 0.3 is 0 Å². The Morgan fingerprint density at radius 3 is 2.65 bits per heavy atom. The molecule has 17 heavy (non-hydrogen) atoms. The minimum atomic E-state index is -0.128. The van der Waals surface area contributed by atoms with Gasteiger partial charge in [-0.3, -0.25) is 0 Å². The van der Waals surface area contributed by atoms with Crippen molar-refractivity contribution < 1.29 is 9.84 Å². The van der Waals surface area contributed by atoms with Gasteiger partial charge in [-0.15, -0.1) is 0 Å². The summed E-state index contributed by atoms with van der Waals surface area (Å²) >= 11 is 0. The van der Waals surface area contributed by atoms with E-state index in [1.165, 1.54) is 51.4 Å². The van der Waals surface area contributed by atoms with Crippen LogP contribution in [0.3, 0.4) is 0 Å². The summed E-state index contributed by atoms with van der Waals surface area (Å²) in [5.41, 5.74) is 0.251. The van der Waals surface area contributed by atoms with E-state index in [1.807, 2.05) is 0 Å². The van der Waals surface area contributed by atoms with Crippen LogP contribution in [0.2, 0.25) is 0 Å². The monoisotopic (exact) mass is 239 g/mol. The van der Waals surface area contributed by atoms with Crippen molar-refractivity contribution in [1.82, 2.24) is 5.32 Å². The molecule has 0 aromatic carbocycles. The average molecular weight is 239 g/mol. The smallest absolute Gasteiger partial charge is 0.0708 e. The van der Waals surface area contributed by atoms with Gasteiger partial charge in [-0.05, 0) is 44.4 Å². The second kappa shape index (κ2) is 4.87. The third-order valence-corrected chi connectivity index (χ3v) is 4.75. The zero-order chi connectivity index (χ0) is 11.7. The predicted molar refractivity (Wildman–Crippen MR) is 66.9 cm³/mol. The molecule has 3 nitrogen and oxygen atoms in total. The minimum Gasteiger partial charge on any atom is -0.392 e. The lowest BCUT2D eigenvalue weighted by Gasteiger charge is -2.24. The number of rotatable bonds is 5. The van der Waals surface area contributed by atoms with Crippen molar-refractivity contribution in [3.8, 4) is 0 Å². The molecule has 0 amide bonds.